The van der Waals surface area contributed by atoms with E-state index in [1.165, 1.54) is 19.3 Å². The molecule has 0 amide bonds. The highest BCUT2D eigenvalue weighted by Gasteiger charge is 2.12. The van der Waals surface area contributed by atoms with Crippen molar-refractivity contribution in [2.75, 3.05) is 5.88 Å². The Morgan fingerprint density at radius 1 is 1.08 bits per heavy atom. The number of rotatable bonds is 6. The van der Waals surface area contributed by atoms with Gasteiger partial charge < -0.3 is 0 Å². The van der Waals surface area contributed by atoms with Crippen LogP contribution >= 0.6 is 11.6 Å². The van der Waals surface area contributed by atoms with Gasteiger partial charge >= 0.3 is 0 Å². The molecular formula is C11H23Cl. The van der Waals surface area contributed by atoms with Crippen molar-refractivity contribution in [3.63, 3.8) is 0 Å². The number of hydrogen-bond donors (Lipinski definition) is 0. The van der Waals surface area contributed by atoms with E-state index in [4.69, 9.17) is 11.6 Å². The van der Waals surface area contributed by atoms with Crippen LogP contribution in [0.25, 0.3) is 0 Å². The fraction of sp³-hybridized carbons (Fsp3) is 1.00. The number of hydrogen-bond acceptors (Lipinski definition) is 0. The average molecular weight is 191 g/mol. The molecule has 74 valence electrons. The van der Waals surface area contributed by atoms with Gasteiger partial charge in [-0.15, -0.1) is 11.6 Å². The van der Waals surface area contributed by atoms with E-state index in [1.807, 2.05) is 0 Å². The zero-order chi connectivity index (χ0) is 9.56. The standard InChI is InChI=1S/C11H23Cl/c1-5-10(4)7-11(8-12)6-9(2)3/h9-11H,5-8H2,1-4H3. The average Bonchev–Trinajstić information content (AvgIpc) is 2.02. The zero-order valence-electron chi connectivity index (χ0n) is 8.94. The molecule has 0 bridgehead atoms. The molecule has 0 heterocycles. The molecular weight excluding hydrogens is 168 g/mol. The second-order valence-electron chi connectivity index (χ2n) is 4.40. The predicted molar refractivity (Wildman–Crippen MR) is 57.7 cm³/mol. The number of alkyl halides is 1. The third-order valence-electron chi connectivity index (χ3n) is 2.46. The maximum absolute atomic E-state index is 5.91. The summed E-state index contributed by atoms with van der Waals surface area (Å²) >= 11 is 5.91. The molecule has 12 heavy (non-hydrogen) atoms. The SMILES string of the molecule is CCC(C)CC(CCl)CC(C)C. The Balaban J connectivity index is 3.66. The molecule has 0 saturated carbocycles. The zero-order valence-corrected chi connectivity index (χ0v) is 9.69. The lowest BCUT2D eigenvalue weighted by atomic mass is 9.89. The minimum Gasteiger partial charge on any atom is -0.126 e. The van der Waals surface area contributed by atoms with Gasteiger partial charge in [-0.2, -0.15) is 0 Å². The Kier molecular flexibility index (Phi) is 6.93. The highest BCUT2D eigenvalue weighted by molar-refractivity contribution is 6.18. The van der Waals surface area contributed by atoms with Gasteiger partial charge in [0.05, 0.1) is 0 Å². The molecule has 0 aromatic heterocycles. The first-order valence-electron chi connectivity index (χ1n) is 5.16. The minimum atomic E-state index is 0.738. The van der Waals surface area contributed by atoms with Gasteiger partial charge in [-0.1, -0.05) is 34.1 Å². The van der Waals surface area contributed by atoms with Crippen LogP contribution in [0.1, 0.15) is 47.0 Å². The largest absolute Gasteiger partial charge is 0.126 e. The van der Waals surface area contributed by atoms with E-state index < -0.39 is 0 Å². The molecule has 0 saturated heterocycles. The summed E-state index contributed by atoms with van der Waals surface area (Å²) in [4.78, 5) is 0. The quantitative estimate of drug-likeness (QED) is 0.548. The maximum Gasteiger partial charge on any atom is 0.0251 e. The van der Waals surface area contributed by atoms with Gasteiger partial charge in [-0.3, -0.25) is 0 Å². The molecule has 2 unspecified atom stereocenters. The molecule has 0 fully saturated rings. The van der Waals surface area contributed by atoms with Gasteiger partial charge in [0, 0.05) is 5.88 Å². The monoisotopic (exact) mass is 190 g/mol. The first-order chi connectivity index (χ1) is 5.60. The summed E-state index contributed by atoms with van der Waals surface area (Å²) in [6.07, 6.45) is 3.87. The van der Waals surface area contributed by atoms with E-state index in [-0.39, 0.29) is 0 Å². The maximum atomic E-state index is 5.91. The third kappa shape index (κ3) is 5.88. The van der Waals surface area contributed by atoms with Gasteiger partial charge in [0.15, 0.2) is 0 Å². The molecule has 2 atom stereocenters. The van der Waals surface area contributed by atoms with E-state index in [0.29, 0.717) is 0 Å². The van der Waals surface area contributed by atoms with Gasteiger partial charge in [-0.25, -0.2) is 0 Å². The summed E-state index contributed by atoms with van der Waals surface area (Å²) < 4.78 is 0. The summed E-state index contributed by atoms with van der Waals surface area (Å²) in [6.45, 7) is 9.12. The van der Waals surface area contributed by atoms with Crippen LogP contribution in [0.3, 0.4) is 0 Å². The molecule has 0 aliphatic rings. The molecule has 0 aliphatic carbocycles. The first-order valence-corrected chi connectivity index (χ1v) is 5.69. The topological polar surface area (TPSA) is 0 Å². The lowest BCUT2D eigenvalue weighted by molar-refractivity contribution is 0.353. The van der Waals surface area contributed by atoms with Crippen molar-refractivity contribution in [3.8, 4) is 0 Å². The van der Waals surface area contributed by atoms with Crippen LogP contribution in [0.15, 0.2) is 0 Å². The van der Waals surface area contributed by atoms with E-state index in [1.54, 1.807) is 0 Å². The minimum absolute atomic E-state index is 0.738. The molecule has 0 aromatic rings. The first kappa shape index (κ1) is 12.3. The summed E-state index contributed by atoms with van der Waals surface area (Å²) in [6, 6.07) is 0. The van der Waals surface area contributed by atoms with Crippen molar-refractivity contribution in [2.45, 2.75) is 47.0 Å². The molecule has 0 N–H and O–H groups in total. The van der Waals surface area contributed by atoms with Gasteiger partial charge in [0.25, 0.3) is 0 Å². The Morgan fingerprint density at radius 3 is 2.00 bits per heavy atom. The molecule has 0 aromatic carbocycles. The smallest absolute Gasteiger partial charge is 0.0251 e. The normalized spacial score (nSPS) is 16.5. The summed E-state index contributed by atoms with van der Waals surface area (Å²) in [5, 5.41) is 0. The van der Waals surface area contributed by atoms with Crippen molar-refractivity contribution in [2.24, 2.45) is 17.8 Å². The van der Waals surface area contributed by atoms with E-state index in [0.717, 1.165) is 23.6 Å². The Bertz CT molecular complexity index is 99.2. The van der Waals surface area contributed by atoms with Crippen LogP contribution in [0.2, 0.25) is 0 Å². The van der Waals surface area contributed by atoms with Crippen LogP contribution in [-0.2, 0) is 0 Å². The summed E-state index contributed by atoms with van der Waals surface area (Å²) in [7, 11) is 0. The van der Waals surface area contributed by atoms with Crippen LogP contribution in [0, 0.1) is 17.8 Å². The van der Waals surface area contributed by atoms with Gasteiger partial charge in [-0.05, 0) is 30.6 Å². The van der Waals surface area contributed by atoms with E-state index in [9.17, 15) is 0 Å². The Hall–Kier alpha value is 0.290. The van der Waals surface area contributed by atoms with Gasteiger partial charge in [0.1, 0.15) is 0 Å². The Morgan fingerprint density at radius 2 is 1.67 bits per heavy atom. The fourth-order valence-corrected chi connectivity index (χ4v) is 1.88. The highest BCUT2D eigenvalue weighted by Crippen LogP contribution is 2.22. The second kappa shape index (κ2) is 6.77. The highest BCUT2D eigenvalue weighted by atomic mass is 35.5. The lowest BCUT2D eigenvalue weighted by Gasteiger charge is -2.19. The van der Waals surface area contributed by atoms with E-state index >= 15 is 0 Å². The third-order valence-corrected chi connectivity index (χ3v) is 2.89. The molecule has 0 radical (unpaired) electrons. The van der Waals surface area contributed by atoms with Crippen molar-refractivity contribution in [1.29, 1.82) is 0 Å². The van der Waals surface area contributed by atoms with Crippen LogP contribution < -0.4 is 0 Å². The lowest BCUT2D eigenvalue weighted by Crippen LogP contribution is -2.10. The second-order valence-corrected chi connectivity index (χ2v) is 4.71. The molecule has 0 rings (SSSR count). The van der Waals surface area contributed by atoms with Crippen molar-refractivity contribution in [1.82, 2.24) is 0 Å². The van der Waals surface area contributed by atoms with Gasteiger partial charge in [0.2, 0.25) is 0 Å². The summed E-state index contributed by atoms with van der Waals surface area (Å²) in [5.41, 5.74) is 0. The molecule has 1 heteroatoms. The summed E-state index contributed by atoms with van der Waals surface area (Å²) in [5.74, 6) is 3.20. The molecule has 0 nitrogen and oxygen atoms in total. The Labute approximate surface area is 82.7 Å². The van der Waals surface area contributed by atoms with Crippen molar-refractivity contribution in [3.05, 3.63) is 0 Å². The number of halogens is 1. The van der Waals surface area contributed by atoms with Crippen LogP contribution in [-0.4, -0.2) is 5.88 Å². The van der Waals surface area contributed by atoms with Crippen LogP contribution in [0.4, 0.5) is 0 Å². The molecule has 0 spiro atoms. The van der Waals surface area contributed by atoms with E-state index in [2.05, 4.69) is 27.7 Å². The van der Waals surface area contributed by atoms with Crippen molar-refractivity contribution < 1.29 is 0 Å². The van der Waals surface area contributed by atoms with Crippen LogP contribution in [0.5, 0.6) is 0 Å². The predicted octanol–water partition coefficient (Wildman–Crippen LogP) is 4.32. The molecule has 0 aliphatic heterocycles. The van der Waals surface area contributed by atoms with Crippen molar-refractivity contribution >= 4 is 11.6 Å². The fourth-order valence-electron chi connectivity index (χ4n) is 1.62.